The van der Waals surface area contributed by atoms with Crippen molar-refractivity contribution in [2.45, 2.75) is 32.4 Å². The predicted octanol–water partition coefficient (Wildman–Crippen LogP) is 1.59. The van der Waals surface area contributed by atoms with Gasteiger partial charge >= 0.3 is 0 Å². The van der Waals surface area contributed by atoms with Crippen molar-refractivity contribution >= 4 is 11.8 Å². The number of hydrogen-bond donors (Lipinski definition) is 1. The summed E-state index contributed by atoms with van der Waals surface area (Å²) in [5.74, 6) is -2.46. The molecule has 1 atom stereocenters. The van der Waals surface area contributed by atoms with Crippen molar-refractivity contribution in [1.82, 2.24) is 10.2 Å². The van der Waals surface area contributed by atoms with Crippen LogP contribution >= 0.6 is 0 Å². The summed E-state index contributed by atoms with van der Waals surface area (Å²) >= 11 is 0. The monoisotopic (exact) mass is 282 g/mol. The topological polar surface area (TPSA) is 49.4 Å². The van der Waals surface area contributed by atoms with E-state index in [0.29, 0.717) is 6.42 Å². The maximum Gasteiger partial charge on any atom is 0.245 e. The molecule has 2 amide bonds. The Morgan fingerprint density at radius 2 is 2.10 bits per heavy atom. The average molecular weight is 282 g/mol. The summed E-state index contributed by atoms with van der Waals surface area (Å²) in [5.41, 5.74) is 0.0725. The van der Waals surface area contributed by atoms with Crippen LogP contribution in [0.4, 0.5) is 8.78 Å². The summed E-state index contributed by atoms with van der Waals surface area (Å²) in [5, 5.41) is 2.61. The van der Waals surface area contributed by atoms with Crippen LogP contribution in [-0.4, -0.2) is 29.3 Å². The molecule has 1 fully saturated rings. The molecule has 1 aromatic carbocycles. The van der Waals surface area contributed by atoms with E-state index >= 15 is 0 Å². The van der Waals surface area contributed by atoms with Gasteiger partial charge in [-0.2, -0.15) is 0 Å². The molecule has 0 spiro atoms. The highest BCUT2D eigenvalue weighted by molar-refractivity contribution is 5.94. The number of piperazine rings is 1. The summed E-state index contributed by atoms with van der Waals surface area (Å²) in [7, 11) is 0. The van der Waals surface area contributed by atoms with E-state index in [4.69, 9.17) is 0 Å². The van der Waals surface area contributed by atoms with Crippen LogP contribution in [0.1, 0.15) is 25.3 Å². The van der Waals surface area contributed by atoms with Gasteiger partial charge in [0.2, 0.25) is 11.8 Å². The van der Waals surface area contributed by atoms with Crippen molar-refractivity contribution in [1.29, 1.82) is 0 Å². The number of halogens is 2. The van der Waals surface area contributed by atoms with Gasteiger partial charge in [-0.3, -0.25) is 9.59 Å². The lowest BCUT2D eigenvalue weighted by Gasteiger charge is -2.32. The summed E-state index contributed by atoms with van der Waals surface area (Å²) < 4.78 is 26.8. The number of nitrogens with one attached hydrogen (secondary N) is 1. The SMILES string of the molecule is CCCC1NC(=O)CN(Cc2cccc(F)c2F)C1=O. The maximum atomic E-state index is 13.6. The van der Waals surface area contributed by atoms with E-state index in [1.807, 2.05) is 6.92 Å². The highest BCUT2D eigenvalue weighted by atomic mass is 19.2. The van der Waals surface area contributed by atoms with Gasteiger partial charge in [0.25, 0.3) is 0 Å². The Morgan fingerprint density at radius 3 is 2.80 bits per heavy atom. The minimum absolute atomic E-state index is 0.0725. The van der Waals surface area contributed by atoms with Crippen molar-refractivity contribution in [3.05, 3.63) is 35.4 Å². The lowest BCUT2D eigenvalue weighted by Crippen LogP contribution is -2.57. The molecular formula is C14H16F2N2O2. The van der Waals surface area contributed by atoms with Crippen LogP contribution in [0.3, 0.4) is 0 Å². The zero-order valence-electron chi connectivity index (χ0n) is 11.2. The highest BCUT2D eigenvalue weighted by Gasteiger charge is 2.32. The van der Waals surface area contributed by atoms with Crippen molar-refractivity contribution in [3.8, 4) is 0 Å². The van der Waals surface area contributed by atoms with Gasteiger partial charge in [0.05, 0.1) is 6.54 Å². The van der Waals surface area contributed by atoms with Gasteiger partial charge in [-0.25, -0.2) is 8.78 Å². The van der Waals surface area contributed by atoms with Crippen molar-refractivity contribution in [2.75, 3.05) is 6.54 Å². The first kappa shape index (κ1) is 14.4. The second-order valence-corrected chi connectivity index (χ2v) is 4.82. The molecule has 1 aliphatic heterocycles. The van der Waals surface area contributed by atoms with E-state index in [0.717, 1.165) is 12.5 Å². The summed E-state index contributed by atoms with van der Waals surface area (Å²) in [4.78, 5) is 25.0. The van der Waals surface area contributed by atoms with E-state index in [9.17, 15) is 18.4 Å². The van der Waals surface area contributed by atoms with Crippen molar-refractivity contribution < 1.29 is 18.4 Å². The summed E-state index contributed by atoms with van der Waals surface area (Å²) in [6, 6.07) is 3.24. The molecule has 1 aromatic rings. The van der Waals surface area contributed by atoms with E-state index < -0.39 is 17.7 Å². The van der Waals surface area contributed by atoms with Crippen LogP contribution in [0.5, 0.6) is 0 Å². The average Bonchev–Trinajstić information content (AvgIpc) is 2.40. The van der Waals surface area contributed by atoms with Crippen LogP contribution in [-0.2, 0) is 16.1 Å². The van der Waals surface area contributed by atoms with Crippen LogP contribution in [0.25, 0.3) is 0 Å². The van der Waals surface area contributed by atoms with Gasteiger partial charge in [0, 0.05) is 12.1 Å². The quantitative estimate of drug-likeness (QED) is 0.911. The lowest BCUT2D eigenvalue weighted by atomic mass is 10.1. The molecule has 0 radical (unpaired) electrons. The molecular weight excluding hydrogens is 266 g/mol. The fraction of sp³-hybridized carbons (Fsp3) is 0.429. The lowest BCUT2D eigenvalue weighted by molar-refractivity contribution is -0.145. The predicted molar refractivity (Wildman–Crippen MR) is 68.6 cm³/mol. The fourth-order valence-electron chi connectivity index (χ4n) is 2.27. The standard InChI is InChI=1S/C14H16F2N2O2/c1-2-4-11-14(20)18(8-12(19)17-11)7-9-5-3-6-10(15)13(9)16/h3,5-6,11H,2,4,7-8H2,1H3,(H,17,19). The third-order valence-electron chi connectivity index (χ3n) is 3.25. The number of benzene rings is 1. The van der Waals surface area contributed by atoms with E-state index in [2.05, 4.69) is 5.32 Å². The molecule has 2 rings (SSSR count). The molecule has 0 saturated carbocycles. The first-order valence-corrected chi connectivity index (χ1v) is 6.54. The molecule has 0 bridgehead atoms. The van der Waals surface area contributed by atoms with Gasteiger partial charge in [-0.1, -0.05) is 25.5 Å². The van der Waals surface area contributed by atoms with E-state index in [-0.39, 0.29) is 30.5 Å². The molecule has 0 aromatic heterocycles. The molecule has 1 heterocycles. The summed E-state index contributed by atoms with van der Waals surface area (Å²) in [6.07, 6.45) is 1.28. The third kappa shape index (κ3) is 2.95. The Labute approximate surface area is 115 Å². The van der Waals surface area contributed by atoms with E-state index in [1.165, 1.54) is 17.0 Å². The maximum absolute atomic E-state index is 13.6. The number of rotatable bonds is 4. The number of hydrogen-bond acceptors (Lipinski definition) is 2. The fourth-order valence-corrected chi connectivity index (χ4v) is 2.27. The third-order valence-corrected chi connectivity index (χ3v) is 3.25. The molecule has 1 unspecified atom stereocenters. The molecule has 1 N–H and O–H groups in total. The first-order valence-electron chi connectivity index (χ1n) is 6.54. The van der Waals surface area contributed by atoms with Crippen LogP contribution in [0.2, 0.25) is 0 Å². The van der Waals surface area contributed by atoms with Gasteiger partial charge in [-0.05, 0) is 12.5 Å². The van der Waals surface area contributed by atoms with Gasteiger partial charge in [-0.15, -0.1) is 0 Å². The largest absolute Gasteiger partial charge is 0.343 e. The highest BCUT2D eigenvalue weighted by Crippen LogP contribution is 2.16. The second-order valence-electron chi connectivity index (χ2n) is 4.82. The van der Waals surface area contributed by atoms with Crippen LogP contribution < -0.4 is 5.32 Å². The smallest absolute Gasteiger partial charge is 0.245 e. The van der Waals surface area contributed by atoms with Gasteiger partial charge in [0.1, 0.15) is 6.04 Å². The minimum Gasteiger partial charge on any atom is -0.343 e. The minimum atomic E-state index is -0.974. The zero-order valence-corrected chi connectivity index (χ0v) is 11.2. The van der Waals surface area contributed by atoms with Crippen LogP contribution in [0, 0.1) is 11.6 Å². The Hall–Kier alpha value is -1.98. The molecule has 4 nitrogen and oxygen atoms in total. The molecule has 0 aliphatic carbocycles. The second kappa shape index (κ2) is 5.98. The van der Waals surface area contributed by atoms with Gasteiger partial charge < -0.3 is 10.2 Å². The Morgan fingerprint density at radius 1 is 1.35 bits per heavy atom. The summed E-state index contributed by atoms with van der Waals surface area (Å²) in [6.45, 7) is 1.68. The molecule has 6 heteroatoms. The van der Waals surface area contributed by atoms with Crippen molar-refractivity contribution in [2.24, 2.45) is 0 Å². The van der Waals surface area contributed by atoms with Crippen LogP contribution in [0.15, 0.2) is 18.2 Å². The van der Waals surface area contributed by atoms with Crippen molar-refractivity contribution in [3.63, 3.8) is 0 Å². The number of carbonyl (C=O) groups excluding carboxylic acids is 2. The number of amides is 2. The number of nitrogens with zero attached hydrogens (tertiary/aromatic N) is 1. The Balaban J connectivity index is 2.17. The molecule has 1 aliphatic rings. The molecule has 20 heavy (non-hydrogen) atoms. The molecule has 1 saturated heterocycles. The Bertz CT molecular complexity index is 534. The van der Waals surface area contributed by atoms with E-state index in [1.54, 1.807) is 0 Å². The molecule has 108 valence electrons. The Kier molecular flexibility index (Phi) is 4.32. The number of carbonyl (C=O) groups is 2. The van der Waals surface area contributed by atoms with Gasteiger partial charge in [0.15, 0.2) is 11.6 Å². The zero-order chi connectivity index (χ0) is 14.7. The first-order chi connectivity index (χ1) is 9.52. The normalized spacial score (nSPS) is 19.1.